The van der Waals surface area contributed by atoms with Crippen LogP contribution < -0.4 is 5.73 Å². The van der Waals surface area contributed by atoms with Gasteiger partial charge in [0.2, 0.25) is 0 Å². The van der Waals surface area contributed by atoms with E-state index in [0.29, 0.717) is 13.0 Å². The molecule has 0 radical (unpaired) electrons. The Kier molecular flexibility index (Phi) is 6.75. The standard InChI is InChI=1S/C11H15NO2.ClH/c1-14-11(13)10(8-12)7-9-5-3-2-4-6-9;/h2-6,10H,7-8,12H2,1H3;1H/t10-;/m1./s1. The molecule has 0 amide bonds. The average molecular weight is 230 g/mol. The van der Waals surface area contributed by atoms with Crippen LogP contribution in [0, 0.1) is 5.92 Å². The predicted octanol–water partition coefficient (Wildman–Crippen LogP) is 1.40. The average Bonchev–Trinajstić information content (AvgIpc) is 2.26. The highest BCUT2D eigenvalue weighted by Crippen LogP contribution is 2.08. The Labute approximate surface area is 96.0 Å². The van der Waals surface area contributed by atoms with Crippen LogP contribution in [0.4, 0.5) is 0 Å². The summed E-state index contributed by atoms with van der Waals surface area (Å²) in [4.78, 5) is 11.2. The normalized spacial score (nSPS) is 11.3. The molecule has 0 bridgehead atoms. The van der Waals surface area contributed by atoms with Gasteiger partial charge in [-0.15, -0.1) is 12.4 Å². The molecule has 0 aliphatic carbocycles. The van der Waals surface area contributed by atoms with Gasteiger partial charge in [0.25, 0.3) is 0 Å². The molecule has 0 spiro atoms. The van der Waals surface area contributed by atoms with E-state index in [9.17, 15) is 4.79 Å². The second-order valence-electron chi connectivity index (χ2n) is 3.15. The topological polar surface area (TPSA) is 52.3 Å². The molecule has 3 nitrogen and oxygen atoms in total. The minimum absolute atomic E-state index is 0. The molecule has 1 rings (SSSR count). The quantitative estimate of drug-likeness (QED) is 0.795. The van der Waals surface area contributed by atoms with Crippen LogP contribution in [0.2, 0.25) is 0 Å². The third kappa shape index (κ3) is 4.32. The summed E-state index contributed by atoms with van der Waals surface area (Å²) >= 11 is 0. The summed E-state index contributed by atoms with van der Waals surface area (Å²) in [7, 11) is 1.38. The minimum Gasteiger partial charge on any atom is -0.469 e. The van der Waals surface area contributed by atoms with Crippen molar-refractivity contribution in [2.75, 3.05) is 13.7 Å². The highest BCUT2D eigenvalue weighted by atomic mass is 35.5. The lowest BCUT2D eigenvalue weighted by atomic mass is 10.00. The fourth-order valence-electron chi connectivity index (χ4n) is 1.33. The maximum absolute atomic E-state index is 11.2. The number of rotatable bonds is 4. The lowest BCUT2D eigenvalue weighted by molar-refractivity contribution is -0.145. The summed E-state index contributed by atoms with van der Waals surface area (Å²) < 4.78 is 4.66. The second-order valence-corrected chi connectivity index (χ2v) is 3.15. The van der Waals surface area contributed by atoms with Crippen molar-refractivity contribution in [1.82, 2.24) is 0 Å². The fourth-order valence-corrected chi connectivity index (χ4v) is 1.33. The molecule has 0 aromatic heterocycles. The lowest BCUT2D eigenvalue weighted by Crippen LogP contribution is -2.26. The van der Waals surface area contributed by atoms with Crippen LogP contribution in [-0.2, 0) is 16.0 Å². The molecule has 0 unspecified atom stereocenters. The summed E-state index contributed by atoms with van der Waals surface area (Å²) in [5.41, 5.74) is 6.60. The molecule has 0 fully saturated rings. The molecule has 1 aromatic rings. The third-order valence-corrected chi connectivity index (χ3v) is 2.14. The highest BCUT2D eigenvalue weighted by Gasteiger charge is 2.17. The Balaban J connectivity index is 0.00000196. The number of carbonyl (C=O) groups is 1. The SMILES string of the molecule is COC(=O)[C@@H](CN)Cc1ccccc1.Cl. The minimum atomic E-state index is -0.239. The molecule has 0 aliphatic rings. The van der Waals surface area contributed by atoms with Crippen molar-refractivity contribution in [2.45, 2.75) is 6.42 Å². The van der Waals surface area contributed by atoms with E-state index in [1.807, 2.05) is 30.3 Å². The third-order valence-electron chi connectivity index (χ3n) is 2.14. The molecule has 1 aromatic carbocycles. The molecule has 1 atom stereocenters. The first-order valence-corrected chi connectivity index (χ1v) is 4.59. The van der Waals surface area contributed by atoms with Crippen molar-refractivity contribution in [2.24, 2.45) is 11.7 Å². The van der Waals surface area contributed by atoms with Gasteiger partial charge in [-0.2, -0.15) is 0 Å². The van der Waals surface area contributed by atoms with Gasteiger partial charge in [-0.1, -0.05) is 30.3 Å². The molecule has 0 heterocycles. The van der Waals surface area contributed by atoms with Crippen molar-refractivity contribution in [3.05, 3.63) is 35.9 Å². The van der Waals surface area contributed by atoms with Crippen LogP contribution in [0.3, 0.4) is 0 Å². The maximum atomic E-state index is 11.2. The summed E-state index contributed by atoms with van der Waals surface area (Å²) in [5, 5.41) is 0. The zero-order valence-electron chi connectivity index (χ0n) is 8.68. The molecule has 0 saturated heterocycles. The number of ether oxygens (including phenoxy) is 1. The molecule has 0 aliphatic heterocycles. The van der Waals surface area contributed by atoms with Crippen LogP contribution in [0.5, 0.6) is 0 Å². The van der Waals surface area contributed by atoms with Crippen LogP contribution in [-0.4, -0.2) is 19.6 Å². The molecule has 4 heteroatoms. The Bertz CT molecular complexity index is 290. The number of hydrogen-bond acceptors (Lipinski definition) is 3. The Hall–Kier alpha value is -1.06. The molecular weight excluding hydrogens is 214 g/mol. The molecule has 84 valence electrons. The number of nitrogens with two attached hydrogens (primary N) is 1. The number of esters is 1. The van der Waals surface area contributed by atoms with E-state index < -0.39 is 0 Å². The van der Waals surface area contributed by atoms with Crippen LogP contribution in [0.25, 0.3) is 0 Å². The van der Waals surface area contributed by atoms with Gasteiger partial charge in [-0.25, -0.2) is 0 Å². The van der Waals surface area contributed by atoms with E-state index in [4.69, 9.17) is 5.73 Å². The maximum Gasteiger partial charge on any atom is 0.310 e. The smallest absolute Gasteiger partial charge is 0.310 e. The molecule has 15 heavy (non-hydrogen) atoms. The van der Waals surface area contributed by atoms with E-state index in [1.165, 1.54) is 7.11 Å². The molecule has 0 saturated carbocycles. The fraction of sp³-hybridized carbons (Fsp3) is 0.364. The van der Waals surface area contributed by atoms with Gasteiger partial charge in [0, 0.05) is 6.54 Å². The number of benzene rings is 1. The summed E-state index contributed by atoms with van der Waals surface area (Å²) in [6, 6.07) is 9.79. The first-order valence-electron chi connectivity index (χ1n) is 4.59. The summed E-state index contributed by atoms with van der Waals surface area (Å²) in [5.74, 6) is -0.473. The van der Waals surface area contributed by atoms with E-state index in [2.05, 4.69) is 4.74 Å². The number of halogens is 1. The largest absolute Gasteiger partial charge is 0.469 e. The van der Waals surface area contributed by atoms with Gasteiger partial charge in [0.15, 0.2) is 0 Å². The second kappa shape index (κ2) is 7.26. The van der Waals surface area contributed by atoms with Crippen molar-refractivity contribution >= 4 is 18.4 Å². The van der Waals surface area contributed by atoms with Crippen molar-refractivity contribution in [3.8, 4) is 0 Å². The first kappa shape index (κ1) is 13.9. The predicted molar refractivity (Wildman–Crippen MR) is 62.0 cm³/mol. The Morgan fingerprint density at radius 1 is 1.40 bits per heavy atom. The van der Waals surface area contributed by atoms with E-state index >= 15 is 0 Å². The highest BCUT2D eigenvalue weighted by molar-refractivity contribution is 5.85. The monoisotopic (exact) mass is 229 g/mol. The lowest BCUT2D eigenvalue weighted by Gasteiger charge is -2.11. The first-order chi connectivity index (χ1) is 6.77. The van der Waals surface area contributed by atoms with Gasteiger partial charge in [0.1, 0.15) is 0 Å². The van der Waals surface area contributed by atoms with Crippen LogP contribution in [0.15, 0.2) is 30.3 Å². The number of carbonyl (C=O) groups excluding carboxylic acids is 1. The van der Waals surface area contributed by atoms with Gasteiger partial charge in [-0.05, 0) is 12.0 Å². The zero-order valence-corrected chi connectivity index (χ0v) is 9.50. The molecule has 2 N–H and O–H groups in total. The van der Waals surface area contributed by atoms with Gasteiger partial charge in [-0.3, -0.25) is 4.79 Å². The van der Waals surface area contributed by atoms with Gasteiger partial charge in [0.05, 0.1) is 13.0 Å². The van der Waals surface area contributed by atoms with E-state index in [-0.39, 0.29) is 24.3 Å². The van der Waals surface area contributed by atoms with Crippen molar-refractivity contribution in [3.63, 3.8) is 0 Å². The van der Waals surface area contributed by atoms with Gasteiger partial charge < -0.3 is 10.5 Å². The zero-order chi connectivity index (χ0) is 10.4. The van der Waals surface area contributed by atoms with E-state index in [0.717, 1.165) is 5.56 Å². The summed E-state index contributed by atoms with van der Waals surface area (Å²) in [6.45, 7) is 0.321. The number of methoxy groups -OCH3 is 1. The summed E-state index contributed by atoms with van der Waals surface area (Å²) in [6.07, 6.45) is 0.643. The van der Waals surface area contributed by atoms with Crippen LogP contribution >= 0.6 is 12.4 Å². The molecular formula is C11H16ClNO2. The Morgan fingerprint density at radius 3 is 2.47 bits per heavy atom. The Morgan fingerprint density at radius 2 is 2.00 bits per heavy atom. The van der Waals surface area contributed by atoms with Crippen molar-refractivity contribution < 1.29 is 9.53 Å². The van der Waals surface area contributed by atoms with E-state index in [1.54, 1.807) is 0 Å². The van der Waals surface area contributed by atoms with Crippen LogP contribution in [0.1, 0.15) is 5.56 Å². The van der Waals surface area contributed by atoms with Gasteiger partial charge >= 0.3 is 5.97 Å². The van der Waals surface area contributed by atoms with Crippen molar-refractivity contribution in [1.29, 1.82) is 0 Å². The number of hydrogen-bond donors (Lipinski definition) is 1.